The number of piperidine rings is 1. The van der Waals surface area contributed by atoms with Crippen molar-refractivity contribution < 1.29 is 13.5 Å². The molecule has 0 bridgehead atoms. The van der Waals surface area contributed by atoms with Gasteiger partial charge in [0, 0.05) is 36.6 Å². The molecule has 2 aromatic carbocycles. The highest BCUT2D eigenvalue weighted by molar-refractivity contribution is 5.67. The third-order valence-corrected chi connectivity index (χ3v) is 6.07. The zero-order valence-corrected chi connectivity index (χ0v) is 18.6. The number of nitriles is 1. The van der Waals surface area contributed by atoms with Crippen LogP contribution in [0.25, 0.3) is 11.1 Å². The maximum atomic E-state index is 15.0. The second kappa shape index (κ2) is 10.4. The van der Waals surface area contributed by atoms with Crippen molar-refractivity contribution in [2.24, 2.45) is 5.92 Å². The normalized spacial score (nSPS) is 14.2. The van der Waals surface area contributed by atoms with Gasteiger partial charge in [0.1, 0.15) is 5.82 Å². The molecule has 0 N–H and O–H groups in total. The van der Waals surface area contributed by atoms with Crippen molar-refractivity contribution in [3.05, 3.63) is 71.6 Å². The molecule has 1 aliphatic rings. The lowest BCUT2D eigenvalue weighted by Gasteiger charge is -2.32. The summed E-state index contributed by atoms with van der Waals surface area (Å²) >= 11 is 0. The first kappa shape index (κ1) is 22.7. The SMILES string of the molecule is CCc1cnc(N2CCC(COc3cc(-c4ccccc4)c(F)c(CC#N)c3F)CC2)nc1. The number of anilines is 1. The molecule has 0 radical (unpaired) electrons. The third kappa shape index (κ3) is 5.11. The van der Waals surface area contributed by atoms with E-state index in [0.717, 1.165) is 43.9 Å². The molecule has 0 aliphatic carbocycles. The second-order valence-electron chi connectivity index (χ2n) is 8.22. The topological polar surface area (TPSA) is 62.0 Å². The molecule has 0 atom stereocenters. The number of hydrogen-bond donors (Lipinski definition) is 0. The largest absolute Gasteiger partial charge is 0.490 e. The molecule has 0 amide bonds. The summed E-state index contributed by atoms with van der Waals surface area (Å²) in [5.41, 5.74) is 1.70. The van der Waals surface area contributed by atoms with Gasteiger partial charge < -0.3 is 9.64 Å². The van der Waals surface area contributed by atoms with Gasteiger partial charge in [0.25, 0.3) is 0 Å². The highest BCUT2D eigenvalue weighted by atomic mass is 19.1. The fraction of sp³-hybridized carbons (Fsp3) is 0.346. The molecule has 1 aliphatic heterocycles. The van der Waals surface area contributed by atoms with Crippen molar-refractivity contribution in [1.82, 2.24) is 9.97 Å². The fourth-order valence-electron chi connectivity index (χ4n) is 4.03. The van der Waals surface area contributed by atoms with Crippen LogP contribution in [0.4, 0.5) is 14.7 Å². The first-order chi connectivity index (χ1) is 16.1. The van der Waals surface area contributed by atoms with Crippen molar-refractivity contribution in [3.63, 3.8) is 0 Å². The monoisotopic (exact) mass is 448 g/mol. The van der Waals surface area contributed by atoms with Crippen LogP contribution in [0.2, 0.25) is 0 Å². The average molecular weight is 449 g/mol. The number of benzene rings is 2. The van der Waals surface area contributed by atoms with Crippen molar-refractivity contribution in [1.29, 1.82) is 5.26 Å². The highest BCUT2D eigenvalue weighted by Crippen LogP contribution is 2.34. The standard InChI is InChI=1S/C26H26F2N4O/c1-2-18-15-30-26(31-16-18)32-12-9-19(10-13-32)17-33-23-14-22(20-6-4-3-5-7-20)24(27)21(8-11-29)25(23)28/h3-7,14-16,19H,2,8-10,12-13,17H2,1H3. The number of rotatable bonds is 7. The quantitative estimate of drug-likeness (QED) is 0.488. The van der Waals surface area contributed by atoms with Crippen LogP contribution in [-0.2, 0) is 12.8 Å². The molecular formula is C26H26F2N4O. The van der Waals surface area contributed by atoms with E-state index < -0.39 is 11.6 Å². The Morgan fingerprint density at radius 1 is 1.09 bits per heavy atom. The van der Waals surface area contributed by atoms with Crippen molar-refractivity contribution >= 4 is 5.95 Å². The second-order valence-corrected chi connectivity index (χ2v) is 8.22. The van der Waals surface area contributed by atoms with Crippen LogP contribution in [-0.4, -0.2) is 29.7 Å². The summed E-state index contributed by atoms with van der Waals surface area (Å²) in [6.07, 6.45) is 5.98. The Balaban J connectivity index is 1.45. The van der Waals surface area contributed by atoms with E-state index in [1.54, 1.807) is 24.3 Å². The first-order valence-electron chi connectivity index (χ1n) is 11.2. The van der Waals surface area contributed by atoms with Gasteiger partial charge in [-0.3, -0.25) is 0 Å². The van der Waals surface area contributed by atoms with Crippen LogP contribution < -0.4 is 9.64 Å². The number of aromatic nitrogens is 2. The number of halogens is 2. The summed E-state index contributed by atoms with van der Waals surface area (Å²) in [6, 6.07) is 12.2. The third-order valence-electron chi connectivity index (χ3n) is 6.07. The minimum atomic E-state index is -0.796. The van der Waals surface area contributed by atoms with E-state index in [1.807, 2.05) is 24.5 Å². The van der Waals surface area contributed by atoms with Crippen molar-refractivity contribution in [3.8, 4) is 22.9 Å². The van der Waals surface area contributed by atoms with Gasteiger partial charge in [-0.15, -0.1) is 0 Å². The molecular weight excluding hydrogens is 422 g/mol. The molecule has 1 aromatic heterocycles. The lowest BCUT2D eigenvalue weighted by atomic mass is 9.97. The summed E-state index contributed by atoms with van der Waals surface area (Å²) in [5, 5.41) is 9.06. The number of aryl methyl sites for hydroxylation is 1. The zero-order chi connectivity index (χ0) is 23.2. The number of nitrogens with zero attached hydrogens (tertiary/aromatic N) is 4. The van der Waals surface area contributed by atoms with Gasteiger partial charge in [0.15, 0.2) is 11.6 Å². The molecule has 1 fully saturated rings. The van der Waals surface area contributed by atoms with Crippen LogP contribution in [0.15, 0.2) is 48.8 Å². The van der Waals surface area contributed by atoms with E-state index in [0.29, 0.717) is 12.2 Å². The Morgan fingerprint density at radius 3 is 2.42 bits per heavy atom. The summed E-state index contributed by atoms with van der Waals surface area (Å²) in [6.45, 7) is 3.98. The van der Waals surface area contributed by atoms with Gasteiger partial charge in [-0.25, -0.2) is 18.7 Å². The van der Waals surface area contributed by atoms with Gasteiger partial charge >= 0.3 is 0 Å². The van der Waals surface area contributed by atoms with Gasteiger partial charge in [-0.2, -0.15) is 5.26 Å². The first-order valence-corrected chi connectivity index (χ1v) is 11.2. The summed E-state index contributed by atoms with van der Waals surface area (Å²) < 4.78 is 35.8. The molecule has 0 unspecified atom stereocenters. The number of hydrogen-bond acceptors (Lipinski definition) is 5. The Morgan fingerprint density at radius 2 is 1.79 bits per heavy atom. The maximum Gasteiger partial charge on any atom is 0.225 e. The predicted octanol–water partition coefficient (Wildman–Crippen LogP) is 5.35. The minimum Gasteiger partial charge on any atom is -0.490 e. The Bertz CT molecular complexity index is 1120. The Kier molecular flexibility index (Phi) is 7.13. The molecule has 2 heterocycles. The lowest BCUT2D eigenvalue weighted by molar-refractivity contribution is 0.214. The zero-order valence-electron chi connectivity index (χ0n) is 18.6. The van der Waals surface area contributed by atoms with Gasteiger partial charge in [0.2, 0.25) is 5.95 Å². The van der Waals surface area contributed by atoms with Gasteiger partial charge in [0.05, 0.1) is 19.1 Å². The lowest BCUT2D eigenvalue weighted by Crippen LogP contribution is -2.36. The molecule has 0 saturated carbocycles. The van der Waals surface area contributed by atoms with E-state index in [9.17, 15) is 8.78 Å². The Labute approximate surface area is 192 Å². The highest BCUT2D eigenvalue weighted by Gasteiger charge is 2.24. The molecule has 5 nitrogen and oxygen atoms in total. The van der Waals surface area contributed by atoms with Crippen molar-refractivity contribution in [2.45, 2.75) is 32.6 Å². The molecule has 7 heteroatoms. The molecule has 0 spiro atoms. The van der Waals surface area contributed by atoms with E-state index >= 15 is 0 Å². The summed E-state index contributed by atoms with van der Waals surface area (Å²) in [4.78, 5) is 11.0. The smallest absolute Gasteiger partial charge is 0.225 e. The molecule has 4 rings (SSSR count). The molecule has 1 saturated heterocycles. The molecule has 3 aromatic rings. The fourth-order valence-corrected chi connectivity index (χ4v) is 4.03. The van der Waals surface area contributed by atoms with Crippen LogP contribution in [0.1, 0.15) is 30.9 Å². The van der Waals surface area contributed by atoms with Gasteiger partial charge in [-0.05, 0) is 42.4 Å². The summed E-state index contributed by atoms with van der Waals surface area (Å²) in [5.74, 6) is -0.558. The Hall–Kier alpha value is -3.53. The molecule has 170 valence electrons. The van der Waals surface area contributed by atoms with Crippen LogP contribution in [0.3, 0.4) is 0 Å². The van der Waals surface area contributed by atoms with Gasteiger partial charge in [-0.1, -0.05) is 37.3 Å². The van der Waals surface area contributed by atoms with Crippen molar-refractivity contribution in [2.75, 3.05) is 24.6 Å². The molecule has 33 heavy (non-hydrogen) atoms. The number of ether oxygens (including phenoxy) is 1. The van der Waals surface area contributed by atoms with Crippen LogP contribution in [0.5, 0.6) is 5.75 Å². The predicted molar refractivity (Wildman–Crippen MR) is 123 cm³/mol. The maximum absolute atomic E-state index is 15.0. The van der Waals surface area contributed by atoms with E-state index in [4.69, 9.17) is 10.00 Å². The minimum absolute atomic E-state index is 0.0126. The van der Waals surface area contributed by atoms with E-state index in [-0.39, 0.29) is 29.2 Å². The van der Waals surface area contributed by atoms with E-state index in [2.05, 4.69) is 21.8 Å². The van der Waals surface area contributed by atoms with E-state index in [1.165, 1.54) is 6.07 Å². The average Bonchev–Trinajstić information content (AvgIpc) is 2.87. The summed E-state index contributed by atoms with van der Waals surface area (Å²) in [7, 11) is 0. The van der Waals surface area contributed by atoms with Crippen LogP contribution in [0, 0.1) is 28.9 Å². The van der Waals surface area contributed by atoms with Crippen LogP contribution >= 0.6 is 0 Å².